The van der Waals surface area contributed by atoms with Gasteiger partial charge in [-0.25, -0.2) is 9.67 Å². The Morgan fingerprint density at radius 3 is 2.30 bits per heavy atom. The highest BCUT2D eigenvalue weighted by molar-refractivity contribution is 5.91. The average molecular weight is 304 g/mol. The molecular formula is C18H16N4O. The first-order valence-electron chi connectivity index (χ1n) is 7.70. The molecule has 1 amide bonds. The van der Waals surface area contributed by atoms with E-state index in [-0.39, 0.29) is 17.8 Å². The first-order valence-corrected chi connectivity index (χ1v) is 7.70. The van der Waals surface area contributed by atoms with Crippen molar-refractivity contribution in [3.05, 3.63) is 66.5 Å². The lowest BCUT2D eigenvalue weighted by Crippen LogP contribution is -2.26. The third kappa shape index (κ3) is 2.85. The van der Waals surface area contributed by atoms with Crippen molar-refractivity contribution in [3.63, 3.8) is 0 Å². The van der Waals surface area contributed by atoms with Gasteiger partial charge in [-0.3, -0.25) is 4.79 Å². The second kappa shape index (κ2) is 5.68. The fourth-order valence-corrected chi connectivity index (χ4v) is 2.41. The van der Waals surface area contributed by atoms with Gasteiger partial charge in [0.15, 0.2) is 5.82 Å². The molecule has 5 heteroatoms. The molecule has 1 aromatic heterocycles. The Bertz CT molecular complexity index is 766. The first kappa shape index (κ1) is 13.7. The molecule has 0 aliphatic heterocycles. The number of amides is 1. The van der Waals surface area contributed by atoms with Crippen LogP contribution < -0.4 is 5.32 Å². The number of carbonyl (C=O) groups is 1. The second-order valence-electron chi connectivity index (χ2n) is 5.62. The molecule has 0 spiro atoms. The zero-order valence-electron chi connectivity index (χ0n) is 12.5. The quantitative estimate of drug-likeness (QED) is 0.806. The Balaban J connectivity index is 1.79. The van der Waals surface area contributed by atoms with Crippen molar-refractivity contribution in [2.45, 2.75) is 18.9 Å². The van der Waals surface area contributed by atoms with Gasteiger partial charge < -0.3 is 5.32 Å². The highest BCUT2D eigenvalue weighted by atomic mass is 16.2. The molecule has 0 radical (unpaired) electrons. The molecule has 4 rings (SSSR count). The lowest BCUT2D eigenvalue weighted by atomic mass is 10.2. The number of benzene rings is 2. The summed E-state index contributed by atoms with van der Waals surface area (Å²) >= 11 is 0. The van der Waals surface area contributed by atoms with Gasteiger partial charge >= 0.3 is 0 Å². The molecule has 3 aromatic rings. The number of hydrogen-bond acceptors (Lipinski definition) is 3. The molecule has 2 aromatic carbocycles. The Morgan fingerprint density at radius 2 is 1.65 bits per heavy atom. The fraction of sp³-hybridized carbons (Fsp3) is 0.167. The Morgan fingerprint density at radius 1 is 1.00 bits per heavy atom. The number of para-hydroxylation sites is 1. The number of rotatable bonds is 4. The van der Waals surface area contributed by atoms with Crippen molar-refractivity contribution < 1.29 is 4.79 Å². The SMILES string of the molecule is O=C(NC1CC1)c1nc(-c2ccccc2)n(-c2ccccc2)n1. The standard InChI is InChI=1S/C18H16N4O/c23-18(19-14-11-12-14)16-20-17(13-7-3-1-4-8-13)22(21-16)15-9-5-2-6-10-15/h1-10,14H,11-12H2,(H,19,23). The summed E-state index contributed by atoms with van der Waals surface area (Å²) in [4.78, 5) is 16.8. The van der Waals surface area contributed by atoms with Crippen LogP contribution >= 0.6 is 0 Å². The van der Waals surface area contributed by atoms with Gasteiger partial charge in [-0.1, -0.05) is 48.5 Å². The summed E-state index contributed by atoms with van der Waals surface area (Å²) in [7, 11) is 0. The molecule has 1 saturated carbocycles. The lowest BCUT2D eigenvalue weighted by molar-refractivity contribution is 0.0941. The van der Waals surface area contributed by atoms with E-state index < -0.39 is 0 Å². The summed E-state index contributed by atoms with van der Waals surface area (Å²) in [6.45, 7) is 0. The van der Waals surface area contributed by atoms with Crippen molar-refractivity contribution in [2.75, 3.05) is 0 Å². The largest absolute Gasteiger partial charge is 0.347 e. The Labute approximate surface area is 134 Å². The van der Waals surface area contributed by atoms with Gasteiger partial charge in [0.2, 0.25) is 5.82 Å². The fourth-order valence-electron chi connectivity index (χ4n) is 2.41. The average Bonchev–Trinajstić information content (AvgIpc) is 3.30. The van der Waals surface area contributed by atoms with Crippen molar-refractivity contribution in [1.82, 2.24) is 20.1 Å². The summed E-state index contributed by atoms with van der Waals surface area (Å²) in [5.74, 6) is 0.664. The van der Waals surface area contributed by atoms with E-state index in [1.165, 1.54) is 0 Å². The maximum atomic E-state index is 12.3. The van der Waals surface area contributed by atoms with Gasteiger partial charge in [0, 0.05) is 11.6 Å². The highest BCUT2D eigenvalue weighted by Gasteiger charge is 2.26. The van der Waals surface area contributed by atoms with Crippen LogP contribution in [0.5, 0.6) is 0 Å². The van der Waals surface area contributed by atoms with Crippen molar-refractivity contribution in [2.24, 2.45) is 0 Å². The maximum Gasteiger partial charge on any atom is 0.291 e. The van der Waals surface area contributed by atoms with Gasteiger partial charge in [0.25, 0.3) is 5.91 Å². The molecule has 23 heavy (non-hydrogen) atoms. The van der Waals surface area contributed by atoms with Crippen LogP contribution in [0.1, 0.15) is 23.5 Å². The highest BCUT2D eigenvalue weighted by Crippen LogP contribution is 2.22. The van der Waals surface area contributed by atoms with E-state index in [0.29, 0.717) is 5.82 Å². The predicted octanol–water partition coefficient (Wildman–Crippen LogP) is 2.83. The summed E-state index contributed by atoms with van der Waals surface area (Å²) in [6, 6.07) is 19.8. The molecule has 0 bridgehead atoms. The molecule has 1 N–H and O–H groups in total. The van der Waals surface area contributed by atoms with Crippen molar-refractivity contribution in [3.8, 4) is 17.1 Å². The molecule has 0 unspecified atom stereocenters. The topological polar surface area (TPSA) is 59.8 Å². The van der Waals surface area contributed by atoms with E-state index in [9.17, 15) is 4.79 Å². The van der Waals surface area contributed by atoms with Crippen LogP contribution in [0.25, 0.3) is 17.1 Å². The monoisotopic (exact) mass is 304 g/mol. The van der Waals surface area contributed by atoms with E-state index in [1.807, 2.05) is 60.7 Å². The van der Waals surface area contributed by atoms with Crippen LogP contribution in [0.2, 0.25) is 0 Å². The second-order valence-corrected chi connectivity index (χ2v) is 5.62. The number of nitrogens with one attached hydrogen (secondary N) is 1. The smallest absolute Gasteiger partial charge is 0.291 e. The maximum absolute atomic E-state index is 12.3. The third-order valence-electron chi connectivity index (χ3n) is 3.76. The summed E-state index contributed by atoms with van der Waals surface area (Å²) in [5, 5.41) is 7.37. The van der Waals surface area contributed by atoms with Gasteiger partial charge in [0.1, 0.15) is 0 Å². The number of nitrogens with zero attached hydrogens (tertiary/aromatic N) is 3. The number of aromatic nitrogens is 3. The summed E-state index contributed by atoms with van der Waals surface area (Å²) in [6.07, 6.45) is 2.08. The molecule has 5 nitrogen and oxygen atoms in total. The zero-order valence-corrected chi connectivity index (χ0v) is 12.5. The first-order chi connectivity index (χ1) is 11.3. The normalized spacial score (nSPS) is 13.7. The van der Waals surface area contributed by atoms with Crippen LogP contribution in [0.3, 0.4) is 0 Å². The van der Waals surface area contributed by atoms with E-state index >= 15 is 0 Å². The van der Waals surface area contributed by atoms with E-state index in [4.69, 9.17) is 0 Å². The van der Waals surface area contributed by atoms with Crippen LogP contribution in [0.4, 0.5) is 0 Å². The predicted molar refractivity (Wildman–Crippen MR) is 87.3 cm³/mol. The van der Waals surface area contributed by atoms with Gasteiger partial charge in [-0.15, -0.1) is 5.10 Å². The van der Waals surface area contributed by atoms with E-state index in [0.717, 1.165) is 24.1 Å². The molecule has 0 saturated heterocycles. The number of carbonyl (C=O) groups excluding carboxylic acids is 1. The van der Waals surface area contributed by atoms with Crippen molar-refractivity contribution in [1.29, 1.82) is 0 Å². The summed E-state index contributed by atoms with van der Waals surface area (Å²) < 4.78 is 1.72. The van der Waals surface area contributed by atoms with Crippen LogP contribution in [-0.2, 0) is 0 Å². The molecular weight excluding hydrogens is 288 g/mol. The molecule has 114 valence electrons. The molecule has 1 heterocycles. The van der Waals surface area contributed by atoms with E-state index in [2.05, 4.69) is 15.4 Å². The van der Waals surface area contributed by atoms with Gasteiger partial charge in [0.05, 0.1) is 5.69 Å². The zero-order chi connectivity index (χ0) is 15.6. The van der Waals surface area contributed by atoms with Crippen LogP contribution in [0, 0.1) is 0 Å². The molecule has 1 fully saturated rings. The summed E-state index contributed by atoms with van der Waals surface area (Å²) in [5.41, 5.74) is 1.80. The van der Waals surface area contributed by atoms with Gasteiger partial charge in [-0.05, 0) is 25.0 Å². The van der Waals surface area contributed by atoms with Crippen molar-refractivity contribution >= 4 is 5.91 Å². The molecule has 1 aliphatic carbocycles. The van der Waals surface area contributed by atoms with Crippen LogP contribution in [-0.4, -0.2) is 26.7 Å². The lowest BCUT2D eigenvalue weighted by Gasteiger charge is -2.05. The minimum absolute atomic E-state index is 0.208. The Kier molecular flexibility index (Phi) is 3.38. The minimum Gasteiger partial charge on any atom is -0.347 e. The van der Waals surface area contributed by atoms with Gasteiger partial charge in [-0.2, -0.15) is 0 Å². The molecule has 0 atom stereocenters. The third-order valence-corrected chi connectivity index (χ3v) is 3.76. The minimum atomic E-state index is -0.209. The van der Waals surface area contributed by atoms with E-state index in [1.54, 1.807) is 4.68 Å². The number of hydrogen-bond donors (Lipinski definition) is 1. The molecule has 1 aliphatic rings. The Hall–Kier alpha value is -2.95. The van der Waals surface area contributed by atoms with Crippen LogP contribution in [0.15, 0.2) is 60.7 Å².